The van der Waals surface area contributed by atoms with Crippen molar-refractivity contribution in [3.05, 3.63) is 51.6 Å². The predicted molar refractivity (Wildman–Crippen MR) is 73.5 cm³/mol. The summed E-state index contributed by atoms with van der Waals surface area (Å²) in [6, 6.07) is 7.01. The van der Waals surface area contributed by atoms with Crippen LogP contribution in [0.15, 0.2) is 30.3 Å². The van der Waals surface area contributed by atoms with E-state index in [1.807, 2.05) is 0 Å². The molecule has 1 aromatic carbocycles. The van der Waals surface area contributed by atoms with Gasteiger partial charge in [-0.05, 0) is 19.1 Å². The molecule has 2 aromatic rings. The molecule has 108 valence electrons. The van der Waals surface area contributed by atoms with Gasteiger partial charge < -0.3 is 15.6 Å². The summed E-state index contributed by atoms with van der Waals surface area (Å²) in [6.45, 7) is 1.59. The number of aromatic carboxylic acids is 1. The van der Waals surface area contributed by atoms with Crippen molar-refractivity contribution in [2.24, 2.45) is 0 Å². The fraction of sp³-hybridized carbons (Fsp3) is 0.0769. The van der Waals surface area contributed by atoms with Gasteiger partial charge in [0.1, 0.15) is 5.75 Å². The van der Waals surface area contributed by atoms with Crippen LogP contribution in [0.2, 0.25) is 0 Å². The Bertz CT molecular complexity index is 730. The predicted octanol–water partition coefficient (Wildman–Crippen LogP) is 2.37. The molecular weight excluding hydrogens is 278 g/mol. The molecule has 0 bridgehead atoms. The second-order valence-corrected chi connectivity index (χ2v) is 4.15. The van der Waals surface area contributed by atoms with Crippen molar-refractivity contribution in [1.82, 2.24) is 4.98 Å². The topological polar surface area (TPSA) is 129 Å². The molecule has 0 aliphatic rings. The molecular formula is C13H11N3O5. The van der Waals surface area contributed by atoms with E-state index in [2.05, 4.69) is 4.98 Å². The Morgan fingerprint density at radius 1 is 1.38 bits per heavy atom. The maximum absolute atomic E-state index is 11.0. The minimum Gasteiger partial charge on any atom is -0.478 e. The third-order valence-corrected chi connectivity index (χ3v) is 2.80. The molecule has 0 spiro atoms. The maximum atomic E-state index is 11.0. The van der Waals surface area contributed by atoms with Crippen molar-refractivity contribution in [3.8, 4) is 11.6 Å². The van der Waals surface area contributed by atoms with Crippen molar-refractivity contribution < 1.29 is 19.6 Å². The third kappa shape index (κ3) is 2.89. The van der Waals surface area contributed by atoms with Gasteiger partial charge >= 0.3 is 11.7 Å². The Morgan fingerprint density at radius 2 is 2.10 bits per heavy atom. The summed E-state index contributed by atoms with van der Waals surface area (Å²) in [5, 5.41) is 19.7. The van der Waals surface area contributed by atoms with Crippen molar-refractivity contribution in [1.29, 1.82) is 0 Å². The van der Waals surface area contributed by atoms with Gasteiger partial charge in [-0.15, -0.1) is 0 Å². The highest BCUT2D eigenvalue weighted by atomic mass is 16.6. The standard InChI is InChI=1S/C13H11N3O5/c1-7-8(13(17)18)3-2-4-10(7)21-11-6-5-9(16(19)20)12(14)15-11/h2-6H,1H3,(H2,14,15)(H,17,18). The van der Waals surface area contributed by atoms with E-state index in [0.717, 1.165) is 0 Å². The number of anilines is 1. The first-order chi connectivity index (χ1) is 9.90. The molecule has 0 saturated carbocycles. The van der Waals surface area contributed by atoms with Crippen LogP contribution >= 0.6 is 0 Å². The van der Waals surface area contributed by atoms with Crippen LogP contribution in [-0.4, -0.2) is 21.0 Å². The molecule has 8 nitrogen and oxygen atoms in total. The van der Waals surface area contributed by atoms with Gasteiger partial charge in [-0.3, -0.25) is 10.1 Å². The summed E-state index contributed by atoms with van der Waals surface area (Å²) >= 11 is 0. The smallest absolute Gasteiger partial charge is 0.336 e. The summed E-state index contributed by atoms with van der Waals surface area (Å²) < 4.78 is 5.44. The fourth-order valence-corrected chi connectivity index (χ4v) is 1.73. The van der Waals surface area contributed by atoms with Crippen molar-refractivity contribution >= 4 is 17.5 Å². The van der Waals surface area contributed by atoms with Gasteiger partial charge in [0.2, 0.25) is 11.7 Å². The second-order valence-electron chi connectivity index (χ2n) is 4.15. The second kappa shape index (κ2) is 5.45. The number of nitro groups is 1. The number of hydrogen-bond acceptors (Lipinski definition) is 6. The van der Waals surface area contributed by atoms with Gasteiger partial charge in [0.25, 0.3) is 0 Å². The minimum absolute atomic E-state index is 0.0451. The van der Waals surface area contributed by atoms with Gasteiger partial charge in [0.15, 0.2) is 0 Å². The van der Waals surface area contributed by atoms with E-state index in [9.17, 15) is 14.9 Å². The molecule has 0 fully saturated rings. The number of hydrogen-bond donors (Lipinski definition) is 2. The lowest BCUT2D eigenvalue weighted by molar-refractivity contribution is -0.384. The lowest BCUT2D eigenvalue weighted by atomic mass is 10.1. The quantitative estimate of drug-likeness (QED) is 0.652. The molecule has 0 aliphatic heterocycles. The highest BCUT2D eigenvalue weighted by Gasteiger charge is 2.15. The number of ether oxygens (including phenoxy) is 1. The Hall–Kier alpha value is -3.16. The van der Waals surface area contributed by atoms with Gasteiger partial charge in [0.05, 0.1) is 10.5 Å². The Balaban J connectivity index is 2.35. The molecule has 1 aromatic heterocycles. The molecule has 0 atom stereocenters. The Morgan fingerprint density at radius 3 is 2.67 bits per heavy atom. The van der Waals surface area contributed by atoms with E-state index in [0.29, 0.717) is 5.56 Å². The molecule has 1 heterocycles. The number of carboxylic acids is 1. The lowest BCUT2D eigenvalue weighted by Crippen LogP contribution is -2.02. The number of nitrogens with two attached hydrogens (primary N) is 1. The van der Waals surface area contributed by atoms with Gasteiger partial charge in [-0.2, -0.15) is 4.98 Å². The average Bonchev–Trinajstić information content (AvgIpc) is 2.40. The molecule has 0 saturated heterocycles. The summed E-state index contributed by atoms with van der Waals surface area (Å²) in [6.07, 6.45) is 0. The number of carboxylic acid groups (broad SMARTS) is 1. The summed E-state index contributed by atoms with van der Waals surface area (Å²) in [5.41, 5.74) is 5.66. The molecule has 0 unspecified atom stereocenters. The first kappa shape index (κ1) is 14.3. The zero-order chi connectivity index (χ0) is 15.6. The zero-order valence-electron chi connectivity index (χ0n) is 10.9. The van der Waals surface area contributed by atoms with Gasteiger partial charge in [-0.25, -0.2) is 4.79 Å². The molecule has 0 amide bonds. The van der Waals surface area contributed by atoms with E-state index in [4.69, 9.17) is 15.6 Å². The van der Waals surface area contributed by atoms with E-state index >= 15 is 0 Å². The molecule has 0 aliphatic carbocycles. The Kier molecular flexibility index (Phi) is 3.70. The molecule has 21 heavy (non-hydrogen) atoms. The van der Waals surface area contributed by atoms with Crippen molar-refractivity contribution in [2.75, 3.05) is 5.73 Å². The third-order valence-electron chi connectivity index (χ3n) is 2.80. The molecule has 2 rings (SSSR count). The first-order valence-electron chi connectivity index (χ1n) is 5.82. The van der Waals surface area contributed by atoms with E-state index < -0.39 is 10.9 Å². The van der Waals surface area contributed by atoms with Crippen LogP contribution in [0.1, 0.15) is 15.9 Å². The maximum Gasteiger partial charge on any atom is 0.336 e. The van der Waals surface area contributed by atoms with Crippen LogP contribution < -0.4 is 10.5 Å². The average molecular weight is 289 g/mol. The van der Waals surface area contributed by atoms with Crippen molar-refractivity contribution in [2.45, 2.75) is 6.92 Å². The molecule has 0 radical (unpaired) electrons. The first-order valence-corrected chi connectivity index (χ1v) is 5.82. The number of benzene rings is 1. The van der Waals surface area contributed by atoms with Gasteiger partial charge in [0, 0.05) is 17.7 Å². The highest BCUT2D eigenvalue weighted by molar-refractivity contribution is 5.90. The molecule has 8 heteroatoms. The monoisotopic (exact) mass is 289 g/mol. The number of pyridine rings is 1. The van der Waals surface area contributed by atoms with E-state index in [1.165, 1.54) is 24.3 Å². The van der Waals surface area contributed by atoms with Crippen molar-refractivity contribution in [3.63, 3.8) is 0 Å². The SMILES string of the molecule is Cc1c(Oc2ccc([N+](=O)[O-])c(N)n2)cccc1C(=O)O. The largest absolute Gasteiger partial charge is 0.478 e. The fourth-order valence-electron chi connectivity index (χ4n) is 1.73. The van der Waals surface area contributed by atoms with Gasteiger partial charge in [-0.1, -0.05) is 6.07 Å². The minimum atomic E-state index is -1.07. The van der Waals surface area contributed by atoms with E-state index in [-0.39, 0.29) is 28.7 Å². The highest BCUT2D eigenvalue weighted by Crippen LogP contribution is 2.29. The lowest BCUT2D eigenvalue weighted by Gasteiger charge is -2.10. The summed E-state index contributed by atoms with van der Waals surface area (Å²) in [5.74, 6) is -1.02. The van der Waals surface area contributed by atoms with E-state index in [1.54, 1.807) is 13.0 Å². The van der Waals surface area contributed by atoms with Crippen LogP contribution in [0, 0.1) is 17.0 Å². The van der Waals surface area contributed by atoms with Crippen LogP contribution in [0.3, 0.4) is 0 Å². The van der Waals surface area contributed by atoms with Crippen LogP contribution in [0.4, 0.5) is 11.5 Å². The normalized spacial score (nSPS) is 10.1. The Labute approximate surface area is 119 Å². The summed E-state index contributed by atoms with van der Waals surface area (Å²) in [7, 11) is 0. The number of nitrogen functional groups attached to an aromatic ring is 1. The zero-order valence-corrected chi connectivity index (χ0v) is 10.9. The van der Waals surface area contributed by atoms with Crippen LogP contribution in [0.25, 0.3) is 0 Å². The number of nitrogens with zero attached hydrogens (tertiary/aromatic N) is 2. The number of rotatable bonds is 4. The van der Waals surface area contributed by atoms with Crippen LogP contribution in [0.5, 0.6) is 11.6 Å². The summed E-state index contributed by atoms with van der Waals surface area (Å²) in [4.78, 5) is 24.8. The number of aromatic nitrogens is 1. The molecule has 3 N–H and O–H groups in total. The van der Waals surface area contributed by atoms with Crippen LogP contribution in [-0.2, 0) is 0 Å². The number of carbonyl (C=O) groups is 1.